The van der Waals surface area contributed by atoms with E-state index in [2.05, 4.69) is 5.32 Å². The van der Waals surface area contributed by atoms with Crippen molar-refractivity contribution in [1.82, 2.24) is 5.32 Å². The van der Waals surface area contributed by atoms with E-state index in [0.717, 1.165) is 0 Å². The van der Waals surface area contributed by atoms with Crippen LogP contribution in [0.15, 0.2) is 0 Å². The number of aliphatic hydroxyl groups excluding tert-OH is 1. The predicted molar refractivity (Wildman–Crippen MR) is 74.3 cm³/mol. The van der Waals surface area contributed by atoms with E-state index in [9.17, 15) is 4.79 Å². The fourth-order valence-corrected chi connectivity index (χ4v) is 0.926. The third kappa shape index (κ3) is 19.7. The molecule has 0 unspecified atom stereocenters. The van der Waals surface area contributed by atoms with E-state index in [0.29, 0.717) is 33.0 Å². The third-order valence-corrected chi connectivity index (χ3v) is 1.52. The van der Waals surface area contributed by atoms with Gasteiger partial charge in [-0.1, -0.05) is 13.8 Å². The van der Waals surface area contributed by atoms with Gasteiger partial charge in [0.15, 0.2) is 0 Å². The average molecular weight is 279 g/mol. The van der Waals surface area contributed by atoms with Crippen molar-refractivity contribution in [3.8, 4) is 0 Å². The average Bonchev–Trinajstić information content (AvgIpc) is 2.33. The molecular weight excluding hydrogens is 250 g/mol. The van der Waals surface area contributed by atoms with Gasteiger partial charge in [-0.25, -0.2) is 4.79 Å². The quantitative estimate of drug-likeness (QED) is 0.659. The summed E-state index contributed by atoms with van der Waals surface area (Å²) in [5, 5.41) is 11.0. The second kappa shape index (κ2) is 13.6. The van der Waals surface area contributed by atoms with Gasteiger partial charge in [-0.05, 0) is 20.8 Å². The fourth-order valence-electron chi connectivity index (χ4n) is 0.926. The van der Waals surface area contributed by atoms with Crippen LogP contribution in [0, 0.1) is 0 Å². The molecular formula is C13H29NO5. The lowest BCUT2D eigenvalue weighted by atomic mass is 10.2. The Hall–Kier alpha value is -0.850. The summed E-state index contributed by atoms with van der Waals surface area (Å²) in [6.45, 7) is 11.4. The highest BCUT2D eigenvalue weighted by atomic mass is 16.6. The molecule has 116 valence electrons. The van der Waals surface area contributed by atoms with Crippen LogP contribution in [-0.2, 0) is 14.2 Å². The van der Waals surface area contributed by atoms with E-state index >= 15 is 0 Å². The molecule has 6 nitrogen and oxygen atoms in total. The van der Waals surface area contributed by atoms with Crippen molar-refractivity contribution in [2.45, 2.75) is 40.2 Å². The molecule has 0 aliphatic heterocycles. The van der Waals surface area contributed by atoms with Crippen molar-refractivity contribution >= 4 is 6.09 Å². The molecule has 1 amide bonds. The molecule has 0 aromatic rings. The van der Waals surface area contributed by atoms with Crippen LogP contribution in [0.25, 0.3) is 0 Å². The van der Waals surface area contributed by atoms with Gasteiger partial charge in [-0.15, -0.1) is 0 Å². The van der Waals surface area contributed by atoms with Gasteiger partial charge >= 0.3 is 6.09 Å². The van der Waals surface area contributed by atoms with Gasteiger partial charge in [0.1, 0.15) is 5.60 Å². The maximum atomic E-state index is 11.2. The van der Waals surface area contributed by atoms with Crippen LogP contribution in [0.2, 0.25) is 0 Å². The smallest absolute Gasteiger partial charge is 0.407 e. The first-order valence-electron chi connectivity index (χ1n) is 6.69. The zero-order chi connectivity index (χ0) is 15.1. The van der Waals surface area contributed by atoms with Crippen LogP contribution in [0.1, 0.15) is 34.6 Å². The normalized spacial score (nSPS) is 10.4. The molecule has 0 atom stereocenters. The second-order valence-corrected chi connectivity index (χ2v) is 4.38. The first-order valence-corrected chi connectivity index (χ1v) is 6.69. The lowest BCUT2D eigenvalue weighted by Crippen LogP contribution is -2.34. The van der Waals surface area contributed by atoms with E-state index in [-0.39, 0.29) is 6.61 Å². The lowest BCUT2D eigenvalue weighted by Gasteiger charge is -2.19. The Bertz CT molecular complexity index is 204. The fraction of sp³-hybridized carbons (Fsp3) is 0.923. The van der Waals surface area contributed by atoms with Gasteiger partial charge in [-0.3, -0.25) is 0 Å². The number of hydrogen-bond donors (Lipinski definition) is 2. The monoisotopic (exact) mass is 279 g/mol. The molecule has 0 aliphatic carbocycles. The Balaban J connectivity index is 0. The molecule has 0 saturated carbocycles. The van der Waals surface area contributed by atoms with Crippen LogP contribution in [0.3, 0.4) is 0 Å². The van der Waals surface area contributed by atoms with Gasteiger partial charge < -0.3 is 24.6 Å². The summed E-state index contributed by atoms with van der Waals surface area (Å²) in [7, 11) is 0. The van der Waals surface area contributed by atoms with Crippen molar-refractivity contribution in [2.24, 2.45) is 0 Å². The molecule has 0 saturated heterocycles. The molecule has 0 aromatic heterocycles. The number of ether oxygens (including phenoxy) is 3. The molecule has 0 bridgehead atoms. The van der Waals surface area contributed by atoms with Gasteiger partial charge in [0.2, 0.25) is 0 Å². The van der Waals surface area contributed by atoms with Crippen molar-refractivity contribution in [3.63, 3.8) is 0 Å². The van der Waals surface area contributed by atoms with Crippen molar-refractivity contribution < 1.29 is 24.1 Å². The predicted octanol–water partition coefficient (Wildman–Crippen LogP) is 1.56. The second-order valence-electron chi connectivity index (χ2n) is 4.38. The lowest BCUT2D eigenvalue weighted by molar-refractivity contribution is 0.0303. The highest BCUT2D eigenvalue weighted by molar-refractivity contribution is 5.67. The Kier molecular flexibility index (Phi) is 14.6. The van der Waals surface area contributed by atoms with E-state index in [1.807, 2.05) is 34.6 Å². The number of carbonyl (C=O) groups is 1. The molecule has 0 fully saturated rings. The molecule has 6 heteroatoms. The largest absolute Gasteiger partial charge is 0.444 e. The molecule has 2 N–H and O–H groups in total. The zero-order valence-corrected chi connectivity index (χ0v) is 12.8. The molecule has 0 spiro atoms. The SMILES string of the molecule is CC.CC(C)(C)OC(=O)NCCOCCOCCO. The number of rotatable bonds is 8. The maximum Gasteiger partial charge on any atom is 0.407 e. The minimum atomic E-state index is -0.483. The van der Waals surface area contributed by atoms with E-state index < -0.39 is 11.7 Å². The first-order chi connectivity index (χ1) is 8.95. The number of carbonyl (C=O) groups excluding carboxylic acids is 1. The molecule has 0 rings (SSSR count). The van der Waals surface area contributed by atoms with Crippen molar-refractivity contribution in [1.29, 1.82) is 0 Å². The molecule has 0 heterocycles. The van der Waals surface area contributed by atoms with Crippen LogP contribution in [-0.4, -0.2) is 56.4 Å². The topological polar surface area (TPSA) is 77.0 Å². The summed E-state index contributed by atoms with van der Waals surface area (Å²) in [6, 6.07) is 0. The number of aliphatic hydroxyl groups is 1. The number of nitrogens with one attached hydrogen (secondary N) is 1. The number of amides is 1. The van der Waals surface area contributed by atoms with E-state index in [1.165, 1.54) is 0 Å². The minimum Gasteiger partial charge on any atom is -0.444 e. The van der Waals surface area contributed by atoms with Crippen LogP contribution >= 0.6 is 0 Å². The molecule has 19 heavy (non-hydrogen) atoms. The first kappa shape index (κ1) is 20.5. The standard InChI is InChI=1S/C11H23NO5.C2H6/c1-11(2,3)17-10(14)12-4-6-15-8-9-16-7-5-13;1-2/h13H,4-9H2,1-3H3,(H,12,14);1-2H3. The highest BCUT2D eigenvalue weighted by Crippen LogP contribution is 2.05. The van der Waals surface area contributed by atoms with Crippen LogP contribution in [0.4, 0.5) is 4.79 Å². The van der Waals surface area contributed by atoms with Crippen LogP contribution in [0.5, 0.6) is 0 Å². The highest BCUT2D eigenvalue weighted by Gasteiger charge is 2.15. The maximum absolute atomic E-state index is 11.2. The summed E-state index contributed by atoms with van der Waals surface area (Å²) in [5.41, 5.74) is -0.483. The third-order valence-electron chi connectivity index (χ3n) is 1.52. The Morgan fingerprint density at radius 2 is 1.58 bits per heavy atom. The van der Waals surface area contributed by atoms with Crippen LogP contribution < -0.4 is 5.32 Å². The Morgan fingerprint density at radius 3 is 2.05 bits per heavy atom. The summed E-state index contributed by atoms with van der Waals surface area (Å²) >= 11 is 0. The summed E-state index contributed by atoms with van der Waals surface area (Å²) in [6.07, 6.45) is -0.447. The van der Waals surface area contributed by atoms with Gasteiger partial charge in [0, 0.05) is 6.54 Å². The van der Waals surface area contributed by atoms with Gasteiger partial charge in [0.25, 0.3) is 0 Å². The summed E-state index contributed by atoms with van der Waals surface area (Å²) in [5.74, 6) is 0. The van der Waals surface area contributed by atoms with Crippen molar-refractivity contribution in [2.75, 3.05) is 39.6 Å². The zero-order valence-electron chi connectivity index (χ0n) is 12.8. The van der Waals surface area contributed by atoms with E-state index in [1.54, 1.807) is 0 Å². The minimum absolute atomic E-state index is 0.0141. The van der Waals surface area contributed by atoms with Gasteiger partial charge in [-0.2, -0.15) is 0 Å². The van der Waals surface area contributed by atoms with Crippen molar-refractivity contribution in [3.05, 3.63) is 0 Å². The summed E-state index contributed by atoms with van der Waals surface area (Å²) in [4.78, 5) is 11.2. The number of hydrogen-bond acceptors (Lipinski definition) is 5. The molecule has 0 aliphatic rings. The molecule has 0 aromatic carbocycles. The number of alkyl carbamates (subject to hydrolysis) is 1. The summed E-state index contributed by atoms with van der Waals surface area (Å²) < 4.78 is 15.2. The Morgan fingerprint density at radius 1 is 1.05 bits per heavy atom. The van der Waals surface area contributed by atoms with Gasteiger partial charge in [0.05, 0.1) is 33.0 Å². The Labute approximate surface area is 116 Å². The molecule has 0 radical (unpaired) electrons. The van der Waals surface area contributed by atoms with E-state index in [4.69, 9.17) is 19.3 Å².